The van der Waals surface area contributed by atoms with Crippen LogP contribution in [-0.4, -0.2) is 56.7 Å². The molecular weight excluding hydrogens is 494 g/mol. The summed E-state index contributed by atoms with van der Waals surface area (Å²) in [7, 11) is 0. The molecule has 1 fully saturated rings. The van der Waals surface area contributed by atoms with E-state index >= 15 is 0 Å². The minimum absolute atomic E-state index is 0.00100. The Balaban J connectivity index is 1.21. The summed E-state index contributed by atoms with van der Waals surface area (Å²) >= 11 is 1.76. The van der Waals surface area contributed by atoms with Crippen molar-refractivity contribution in [1.29, 1.82) is 0 Å². The Morgan fingerprint density at radius 2 is 1.49 bits per heavy atom. The monoisotopic (exact) mass is 520 g/mol. The number of rotatable bonds is 5. The van der Waals surface area contributed by atoms with Gasteiger partial charge in [-0.3, -0.25) is 4.79 Å². The molecular formula is C27H26F2N6OS. The molecule has 37 heavy (non-hydrogen) atoms. The van der Waals surface area contributed by atoms with Crippen LogP contribution in [0.5, 0.6) is 0 Å². The smallest absolute Gasteiger partial charge is 0.244 e. The van der Waals surface area contributed by atoms with Gasteiger partial charge in [-0.2, -0.15) is 0 Å². The van der Waals surface area contributed by atoms with Gasteiger partial charge in [0.15, 0.2) is 16.8 Å². The molecule has 2 aliphatic heterocycles. The fourth-order valence-corrected chi connectivity index (χ4v) is 6.00. The van der Waals surface area contributed by atoms with Crippen LogP contribution in [0.3, 0.4) is 0 Å². The van der Waals surface area contributed by atoms with Gasteiger partial charge in [0.2, 0.25) is 5.91 Å². The molecule has 10 heteroatoms. The van der Waals surface area contributed by atoms with Crippen molar-refractivity contribution in [3.8, 4) is 22.8 Å². The maximum atomic E-state index is 13.6. The largest absolute Gasteiger partial charge is 0.348 e. The van der Waals surface area contributed by atoms with E-state index in [0.717, 1.165) is 36.8 Å². The molecule has 190 valence electrons. The zero-order valence-electron chi connectivity index (χ0n) is 20.2. The third-order valence-electron chi connectivity index (χ3n) is 6.89. The van der Waals surface area contributed by atoms with Gasteiger partial charge < -0.3 is 9.80 Å². The first-order chi connectivity index (χ1) is 18.0. The lowest BCUT2D eigenvalue weighted by Crippen LogP contribution is -2.36. The number of aromatic nitrogens is 4. The van der Waals surface area contributed by atoms with Crippen molar-refractivity contribution in [2.75, 3.05) is 31.1 Å². The Morgan fingerprint density at radius 3 is 2.19 bits per heavy atom. The zero-order chi connectivity index (χ0) is 25.4. The van der Waals surface area contributed by atoms with Crippen molar-refractivity contribution in [3.05, 3.63) is 70.7 Å². The van der Waals surface area contributed by atoms with E-state index in [9.17, 15) is 13.6 Å². The molecule has 0 bridgehead atoms. The predicted octanol–water partition coefficient (Wildman–Crippen LogP) is 4.57. The minimum Gasteiger partial charge on any atom is -0.348 e. The first-order valence-electron chi connectivity index (χ1n) is 12.5. The van der Waals surface area contributed by atoms with Crippen LogP contribution < -0.4 is 4.90 Å². The fraction of sp³-hybridized carbons (Fsp3) is 0.333. The van der Waals surface area contributed by atoms with Crippen molar-refractivity contribution in [3.63, 3.8) is 0 Å². The molecule has 0 unspecified atom stereocenters. The highest BCUT2D eigenvalue weighted by Gasteiger charge is 2.25. The van der Waals surface area contributed by atoms with Crippen LogP contribution >= 0.6 is 11.3 Å². The molecule has 4 aromatic rings. The third-order valence-corrected chi connectivity index (χ3v) is 8.10. The number of nitrogens with zero attached hydrogens (tertiary/aromatic N) is 6. The molecule has 0 spiro atoms. The summed E-state index contributed by atoms with van der Waals surface area (Å²) in [5.74, 6) is 0.0631. The highest BCUT2D eigenvalue weighted by atomic mass is 32.1. The highest BCUT2D eigenvalue weighted by Crippen LogP contribution is 2.31. The van der Waals surface area contributed by atoms with Crippen molar-refractivity contribution in [1.82, 2.24) is 24.6 Å². The number of benzene rings is 2. The second-order valence-electron chi connectivity index (χ2n) is 9.37. The number of hydrogen-bond acceptors (Lipinski definition) is 6. The molecule has 0 atom stereocenters. The summed E-state index contributed by atoms with van der Waals surface area (Å²) in [6, 6.07) is 11.8. The first kappa shape index (κ1) is 23.7. The van der Waals surface area contributed by atoms with Gasteiger partial charge in [-0.15, -0.1) is 16.4 Å². The van der Waals surface area contributed by atoms with Gasteiger partial charge in [-0.1, -0.05) is 0 Å². The highest BCUT2D eigenvalue weighted by molar-refractivity contribution is 7.15. The standard InChI is InChI=1S/C27H26F2N6OS/c28-20-7-3-18(4-8-20)25-31-26(19-5-9-21(29)10-6-19)35(32-25)17-24(36)33-15-11-22-23(12-16-33)37-27(30-22)34-13-1-2-14-34/h3-10H,1-2,11-17H2. The number of hydrogen-bond donors (Lipinski definition) is 0. The van der Waals surface area contributed by atoms with E-state index in [2.05, 4.69) is 15.0 Å². The number of amides is 1. The lowest BCUT2D eigenvalue weighted by Gasteiger charge is -2.20. The van der Waals surface area contributed by atoms with Gasteiger partial charge in [0, 0.05) is 55.0 Å². The Kier molecular flexibility index (Phi) is 6.42. The van der Waals surface area contributed by atoms with Crippen LogP contribution in [0.25, 0.3) is 22.8 Å². The van der Waals surface area contributed by atoms with Crippen molar-refractivity contribution in [2.24, 2.45) is 0 Å². The summed E-state index contributed by atoms with van der Waals surface area (Å²) in [5.41, 5.74) is 2.38. The van der Waals surface area contributed by atoms with Gasteiger partial charge in [0.25, 0.3) is 0 Å². The van der Waals surface area contributed by atoms with E-state index in [1.165, 1.54) is 42.0 Å². The van der Waals surface area contributed by atoms with Crippen LogP contribution in [0.4, 0.5) is 13.9 Å². The molecule has 1 amide bonds. The first-order valence-corrected chi connectivity index (χ1v) is 13.3. The summed E-state index contributed by atoms with van der Waals surface area (Å²) in [6.07, 6.45) is 3.96. The number of carbonyl (C=O) groups excluding carboxylic acids is 1. The lowest BCUT2D eigenvalue weighted by atomic mass is 10.2. The molecule has 0 N–H and O–H groups in total. The molecule has 0 radical (unpaired) electrons. The van der Waals surface area contributed by atoms with Crippen molar-refractivity contribution in [2.45, 2.75) is 32.2 Å². The number of carbonyl (C=O) groups is 1. The molecule has 4 heterocycles. The second kappa shape index (κ2) is 10.0. The van der Waals surface area contributed by atoms with Gasteiger partial charge >= 0.3 is 0 Å². The molecule has 1 saturated heterocycles. The maximum absolute atomic E-state index is 13.6. The van der Waals surface area contributed by atoms with E-state index in [0.29, 0.717) is 35.9 Å². The van der Waals surface area contributed by atoms with E-state index < -0.39 is 0 Å². The van der Waals surface area contributed by atoms with Gasteiger partial charge in [-0.25, -0.2) is 23.4 Å². The topological polar surface area (TPSA) is 67.2 Å². The summed E-state index contributed by atoms with van der Waals surface area (Å²) in [4.78, 5) is 28.4. The van der Waals surface area contributed by atoms with Gasteiger partial charge in [-0.05, 0) is 61.4 Å². The quantitative estimate of drug-likeness (QED) is 0.386. The average Bonchev–Trinajstić information content (AvgIpc) is 3.64. The minimum atomic E-state index is -0.358. The van der Waals surface area contributed by atoms with E-state index in [4.69, 9.17) is 4.98 Å². The Hall–Kier alpha value is -3.66. The van der Waals surface area contributed by atoms with Crippen LogP contribution in [-0.2, 0) is 24.2 Å². The normalized spacial score (nSPS) is 15.6. The average molecular weight is 521 g/mol. The molecule has 2 aromatic carbocycles. The molecule has 2 aromatic heterocycles. The third kappa shape index (κ3) is 4.98. The number of anilines is 1. The summed E-state index contributed by atoms with van der Waals surface area (Å²) in [6.45, 7) is 3.37. The molecule has 0 aliphatic carbocycles. The van der Waals surface area contributed by atoms with Crippen LogP contribution in [0, 0.1) is 11.6 Å². The van der Waals surface area contributed by atoms with E-state index in [1.807, 2.05) is 4.90 Å². The van der Waals surface area contributed by atoms with Crippen LogP contribution in [0.15, 0.2) is 48.5 Å². The Bertz CT molecular complexity index is 1380. The summed E-state index contributed by atoms with van der Waals surface area (Å²) < 4.78 is 28.5. The van der Waals surface area contributed by atoms with E-state index in [-0.39, 0.29) is 24.1 Å². The fourth-order valence-electron chi connectivity index (χ4n) is 4.86. The van der Waals surface area contributed by atoms with Crippen LogP contribution in [0.2, 0.25) is 0 Å². The van der Waals surface area contributed by atoms with Gasteiger partial charge in [0.1, 0.15) is 18.2 Å². The number of halogens is 2. The molecule has 6 rings (SSSR count). The lowest BCUT2D eigenvalue weighted by molar-refractivity contribution is -0.131. The Labute approximate surface area is 217 Å². The zero-order valence-corrected chi connectivity index (χ0v) is 21.1. The van der Waals surface area contributed by atoms with Crippen molar-refractivity contribution >= 4 is 22.4 Å². The molecule has 7 nitrogen and oxygen atoms in total. The maximum Gasteiger partial charge on any atom is 0.244 e. The predicted molar refractivity (Wildman–Crippen MR) is 138 cm³/mol. The number of thiazole rings is 1. The van der Waals surface area contributed by atoms with Crippen LogP contribution in [0.1, 0.15) is 23.4 Å². The van der Waals surface area contributed by atoms with Gasteiger partial charge in [0.05, 0.1) is 5.69 Å². The van der Waals surface area contributed by atoms with Crippen molar-refractivity contribution < 1.29 is 13.6 Å². The second-order valence-corrected chi connectivity index (χ2v) is 10.4. The Morgan fingerprint density at radius 1 is 0.838 bits per heavy atom. The van der Waals surface area contributed by atoms with E-state index in [1.54, 1.807) is 40.3 Å². The summed E-state index contributed by atoms with van der Waals surface area (Å²) in [5, 5.41) is 5.69. The molecule has 0 saturated carbocycles. The molecule has 2 aliphatic rings. The number of fused-ring (bicyclic) bond motifs is 1. The SMILES string of the molecule is O=C(Cn1nc(-c2ccc(F)cc2)nc1-c1ccc(F)cc1)N1CCc2nc(N3CCCC3)sc2CC1.